The number of Topliss-reactive ketones (excluding diaryl/α,β-unsaturated/α-hetero) is 1. The van der Waals surface area contributed by atoms with Crippen molar-refractivity contribution in [1.82, 2.24) is 19.4 Å². The van der Waals surface area contributed by atoms with Gasteiger partial charge in [0.05, 0.1) is 13.2 Å². The fourth-order valence-corrected chi connectivity index (χ4v) is 3.32. The number of hydrogen-bond donors (Lipinski definition) is 1. The van der Waals surface area contributed by atoms with Crippen LogP contribution in [0.25, 0.3) is 5.65 Å². The zero-order chi connectivity index (χ0) is 23.5. The van der Waals surface area contributed by atoms with E-state index >= 15 is 0 Å². The Bertz CT molecular complexity index is 1190. The third-order valence-corrected chi connectivity index (χ3v) is 4.97. The van der Waals surface area contributed by atoms with Crippen molar-refractivity contribution in [3.63, 3.8) is 0 Å². The Morgan fingerprint density at radius 2 is 1.91 bits per heavy atom. The molecule has 172 valence electrons. The van der Waals surface area contributed by atoms with Gasteiger partial charge < -0.3 is 14.6 Å². The SMILES string of the molecule is CCOc1cc(C)c2nn(CC(=O)c3cc(OCCO)cc(C(C)(C)C)c3)/c(=N\C)n2n1. The van der Waals surface area contributed by atoms with Crippen molar-refractivity contribution < 1.29 is 19.4 Å². The largest absolute Gasteiger partial charge is 0.491 e. The molecule has 0 aliphatic carbocycles. The van der Waals surface area contributed by atoms with Gasteiger partial charge >= 0.3 is 0 Å². The van der Waals surface area contributed by atoms with E-state index in [-0.39, 0.29) is 31.0 Å². The van der Waals surface area contributed by atoms with E-state index in [1.54, 1.807) is 22.3 Å². The summed E-state index contributed by atoms with van der Waals surface area (Å²) in [5.74, 6) is 0.891. The van der Waals surface area contributed by atoms with Crippen molar-refractivity contribution in [2.75, 3.05) is 26.9 Å². The Labute approximate surface area is 187 Å². The number of aliphatic hydroxyl groups excluding tert-OH is 1. The van der Waals surface area contributed by atoms with Crippen LogP contribution in [0.3, 0.4) is 0 Å². The zero-order valence-electron chi connectivity index (χ0n) is 19.5. The number of rotatable bonds is 8. The summed E-state index contributed by atoms with van der Waals surface area (Å²) >= 11 is 0. The topological polar surface area (TPSA) is 103 Å². The molecule has 9 nitrogen and oxygen atoms in total. The molecule has 9 heteroatoms. The highest BCUT2D eigenvalue weighted by molar-refractivity contribution is 5.96. The Morgan fingerprint density at radius 3 is 2.53 bits per heavy atom. The first-order valence-electron chi connectivity index (χ1n) is 10.6. The van der Waals surface area contributed by atoms with Crippen molar-refractivity contribution in [1.29, 1.82) is 0 Å². The second-order valence-corrected chi connectivity index (χ2v) is 8.51. The van der Waals surface area contributed by atoms with Crippen LogP contribution < -0.4 is 15.1 Å². The maximum atomic E-state index is 13.3. The molecule has 0 atom stereocenters. The average molecular weight is 442 g/mol. The summed E-state index contributed by atoms with van der Waals surface area (Å²) in [4.78, 5) is 17.6. The first-order chi connectivity index (χ1) is 15.2. The van der Waals surface area contributed by atoms with E-state index in [0.717, 1.165) is 11.1 Å². The van der Waals surface area contributed by atoms with Gasteiger partial charge in [0.1, 0.15) is 18.9 Å². The number of benzene rings is 1. The van der Waals surface area contributed by atoms with Gasteiger partial charge in [0.2, 0.25) is 11.5 Å². The zero-order valence-corrected chi connectivity index (χ0v) is 19.5. The standard InChI is InChI=1S/C23H31N5O4/c1-7-31-20-10-15(2)21-26-27(22(24-6)28(21)25-20)14-19(30)16-11-17(23(3,4)5)13-18(12-16)32-9-8-29/h10-13,29H,7-9,14H2,1-6H3/b24-22+. The number of carbonyl (C=O) groups is 1. The number of hydrogen-bond acceptors (Lipinski definition) is 7. The molecular formula is C23H31N5O4. The number of aliphatic hydroxyl groups is 1. The minimum Gasteiger partial charge on any atom is -0.491 e. The maximum Gasteiger partial charge on any atom is 0.245 e. The number of fused-ring (bicyclic) bond motifs is 1. The first-order valence-corrected chi connectivity index (χ1v) is 10.6. The lowest BCUT2D eigenvalue weighted by Gasteiger charge is -2.21. The van der Waals surface area contributed by atoms with Crippen LogP contribution in [0.1, 0.15) is 49.2 Å². The fourth-order valence-electron chi connectivity index (χ4n) is 3.32. The Balaban J connectivity index is 2.02. The maximum absolute atomic E-state index is 13.3. The summed E-state index contributed by atoms with van der Waals surface area (Å²) in [6, 6.07) is 7.29. The molecule has 0 radical (unpaired) electrons. The molecule has 0 unspecified atom stereocenters. The predicted octanol–water partition coefficient (Wildman–Crippen LogP) is 2.32. The van der Waals surface area contributed by atoms with E-state index in [2.05, 4.69) is 36.0 Å². The highest BCUT2D eigenvalue weighted by Gasteiger charge is 2.20. The van der Waals surface area contributed by atoms with Gasteiger partial charge in [-0.1, -0.05) is 20.8 Å². The van der Waals surface area contributed by atoms with Gasteiger partial charge in [-0.3, -0.25) is 9.79 Å². The lowest BCUT2D eigenvalue weighted by atomic mass is 9.85. The molecule has 0 saturated heterocycles. The van der Waals surface area contributed by atoms with Crippen molar-refractivity contribution in [3.05, 3.63) is 46.6 Å². The van der Waals surface area contributed by atoms with E-state index in [1.807, 2.05) is 32.0 Å². The second-order valence-electron chi connectivity index (χ2n) is 8.51. The van der Waals surface area contributed by atoms with Gasteiger partial charge in [0.25, 0.3) is 0 Å². The van der Waals surface area contributed by atoms with Crippen LogP contribution >= 0.6 is 0 Å². The van der Waals surface area contributed by atoms with Crippen molar-refractivity contribution >= 4 is 11.4 Å². The smallest absolute Gasteiger partial charge is 0.245 e. The highest BCUT2D eigenvalue weighted by atomic mass is 16.5. The molecule has 0 aliphatic rings. The van der Waals surface area contributed by atoms with E-state index in [9.17, 15) is 4.79 Å². The van der Waals surface area contributed by atoms with Crippen molar-refractivity contribution in [3.8, 4) is 11.6 Å². The van der Waals surface area contributed by atoms with E-state index in [0.29, 0.717) is 35.1 Å². The molecule has 1 N–H and O–H groups in total. The Kier molecular flexibility index (Phi) is 6.98. The summed E-state index contributed by atoms with van der Waals surface area (Å²) in [6.45, 7) is 10.6. The molecule has 2 heterocycles. The number of aryl methyl sites for hydroxylation is 1. The number of ether oxygens (including phenoxy) is 2. The summed E-state index contributed by atoms with van der Waals surface area (Å²) in [7, 11) is 1.63. The monoisotopic (exact) mass is 441 g/mol. The average Bonchev–Trinajstić information content (AvgIpc) is 3.09. The van der Waals surface area contributed by atoms with E-state index in [1.165, 1.54) is 0 Å². The van der Waals surface area contributed by atoms with Crippen molar-refractivity contribution in [2.24, 2.45) is 4.99 Å². The highest BCUT2D eigenvalue weighted by Crippen LogP contribution is 2.28. The molecule has 0 spiro atoms. The minimum absolute atomic E-state index is 0.00746. The minimum atomic E-state index is -0.176. The Morgan fingerprint density at radius 1 is 1.16 bits per heavy atom. The van der Waals surface area contributed by atoms with Gasteiger partial charge in [0.15, 0.2) is 11.4 Å². The molecule has 2 aromatic heterocycles. The fraction of sp³-hybridized carbons (Fsp3) is 0.478. The van der Waals surface area contributed by atoms with Crippen LogP contribution in [0.2, 0.25) is 0 Å². The predicted molar refractivity (Wildman–Crippen MR) is 120 cm³/mol. The van der Waals surface area contributed by atoms with Gasteiger partial charge in [-0.05, 0) is 43.0 Å². The molecule has 3 rings (SSSR count). The first kappa shape index (κ1) is 23.5. The quantitative estimate of drug-likeness (QED) is 0.538. The van der Waals surface area contributed by atoms with Crippen LogP contribution in [-0.4, -0.2) is 57.2 Å². The lowest BCUT2D eigenvalue weighted by molar-refractivity contribution is 0.0965. The molecule has 0 bridgehead atoms. The molecular weight excluding hydrogens is 410 g/mol. The molecule has 0 amide bonds. The van der Waals surface area contributed by atoms with E-state index in [4.69, 9.17) is 14.6 Å². The van der Waals surface area contributed by atoms with Gasteiger partial charge in [0, 0.05) is 24.2 Å². The number of nitrogens with zero attached hydrogens (tertiary/aromatic N) is 5. The Hall–Kier alpha value is -3.20. The third-order valence-electron chi connectivity index (χ3n) is 4.97. The van der Waals surface area contributed by atoms with Crippen LogP contribution in [-0.2, 0) is 12.0 Å². The summed E-state index contributed by atoms with van der Waals surface area (Å²) in [5.41, 5.74) is 3.23. The second kappa shape index (κ2) is 9.52. The summed E-state index contributed by atoms with van der Waals surface area (Å²) in [5, 5.41) is 18.1. The number of carbonyl (C=O) groups excluding carboxylic acids is 1. The lowest BCUT2D eigenvalue weighted by Crippen LogP contribution is -2.27. The number of aromatic nitrogens is 4. The molecule has 3 aromatic rings. The molecule has 0 fully saturated rings. The molecule has 0 saturated carbocycles. The van der Waals surface area contributed by atoms with Crippen LogP contribution in [0.5, 0.6) is 11.6 Å². The van der Waals surface area contributed by atoms with Gasteiger partial charge in [-0.2, -0.15) is 4.52 Å². The van der Waals surface area contributed by atoms with Crippen LogP contribution in [0.4, 0.5) is 0 Å². The molecule has 32 heavy (non-hydrogen) atoms. The summed E-state index contributed by atoms with van der Waals surface area (Å²) < 4.78 is 14.3. The molecule has 0 aliphatic heterocycles. The molecule has 1 aromatic carbocycles. The van der Waals surface area contributed by atoms with E-state index < -0.39 is 0 Å². The summed E-state index contributed by atoms with van der Waals surface area (Å²) in [6.07, 6.45) is 0. The van der Waals surface area contributed by atoms with Crippen LogP contribution in [0.15, 0.2) is 29.3 Å². The van der Waals surface area contributed by atoms with Crippen molar-refractivity contribution in [2.45, 2.75) is 46.6 Å². The van der Waals surface area contributed by atoms with Gasteiger partial charge in [-0.25, -0.2) is 4.68 Å². The number of ketones is 1. The normalized spacial score (nSPS) is 12.4. The third kappa shape index (κ3) is 4.99. The van der Waals surface area contributed by atoms with Crippen LogP contribution in [0, 0.1) is 6.92 Å². The van der Waals surface area contributed by atoms with Gasteiger partial charge in [-0.15, -0.1) is 10.2 Å².